The molecule has 0 aromatic rings. The van der Waals surface area contributed by atoms with Crippen LogP contribution in [0.1, 0.15) is 0 Å². The van der Waals surface area contributed by atoms with Gasteiger partial charge in [0.05, 0.1) is 16.8 Å². The fourth-order valence-corrected chi connectivity index (χ4v) is 5.65. The van der Waals surface area contributed by atoms with Crippen LogP contribution in [0.25, 0.3) is 0 Å². The van der Waals surface area contributed by atoms with Gasteiger partial charge in [-0.25, -0.2) is 25.3 Å². The third kappa shape index (κ3) is 10.3. The predicted molar refractivity (Wildman–Crippen MR) is 93.4 cm³/mol. The van der Waals surface area contributed by atoms with Crippen molar-refractivity contribution in [3.8, 4) is 0 Å². The van der Waals surface area contributed by atoms with Gasteiger partial charge in [-0.15, -0.1) is 26.3 Å². The lowest BCUT2D eigenvalue weighted by atomic mass is 10.5. The average molecular weight is 371 g/mol. The highest BCUT2D eigenvalue weighted by molar-refractivity contribution is 8.00. The number of hydrogen-bond acceptors (Lipinski definition) is 6. The fraction of sp³-hybridized carbons (Fsp3) is 0.231. The Balaban J connectivity index is -0.000000826. The van der Waals surface area contributed by atoms with Gasteiger partial charge in [0.25, 0.3) is 0 Å². The molecule has 0 spiro atoms. The van der Waals surface area contributed by atoms with Gasteiger partial charge in [-0.05, 0) is 0 Å². The molecular formula is C13H22O6S3. The summed E-state index contributed by atoms with van der Waals surface area (Å²) in [7, 11) is -11.7. The van der Waals surface area contributed by atoms with Gasteiger partial charge in [-0.2, -0.15) is 0 Å². The van der Waals surface area contributed by atoms with Crippen LogP contribution in [0.3, 0.4) is 0 Å². The van der Waals surface area contributed by atoms with E-state index in [0.717, 1.165) is 0 Å². The Bertz CT molecular complexity index is 627. The quantitative estimate of drug-likeness (QED) is 0.602. The second-order valence-corrected chi connectivity index (χ2v) is 9.53. The van der Waals surface area contributed by atoms with E-state index in [1.54, 1.807) is 0 Å². The average Bonchev–Trinajstić information content (AvgIpc) is 2.50. The zero-order valence-electron chi connectivity index (χ0n) is 12.3. The maximum atomic E-state index is 11.6. The number of hydrogen-bond donors (Lipinski definition) is 0. The second-order valence-electron chi connectivity index (χ2n) is 3.37. The Kier molecular flexibility index (Phi) is 12.9. The summed E-state index contributed by atoms with van der Waals surface area (Å²) < 4.78 is 68.4. The maximum Gasteiger partial charge on any atom is 0.175 e. The first kappa shape index (κ1) is 25.5. The van der Waals surface area contributed by atoms with Gasteiger partial charge in [0.15, 0.2) is 29.5 Å². The molecule has 0 bridgehead atoms. The van der Waals surface area contributed by atoms with E-state index in [-0.39, 0.29) is 0 Å². The summed E-state index contributed by atoms with van der Waals surface area (Å²) in [4.78, 5) is 0. The van der Waals surface area contributed by atoms with Crippen LogP contribution in [0.5, 0.6) is 0 Å². The monoisotopic (exact) mass is 370 g/mol. The zero-order valence-corrected chi connectivity index (χ0v) is 14.8. The second kappa shape index (κ2) is 11.2. The molecular weight excluding hydrogens is 348 g/mol. The molecule has 0 fully saturated rings. The van der Waals surface area contributed by atoms with E-state index in [1.165, 1.54) is 0 Å². The van der Waals surface area contributed by atoms with Gasteiger partial charge in [-0.1, -0.05) is 19.7 Å². The van der Waals surface area contributed by atoms with Crippen LogP contribution in [-0.2, 0) is 29.5 Å². The molecule has 0 amide bonds. The van der Waals surface area contributed by atoms with Crippen molar-refractivity contribution in [2.45, 2.75) is 5.25 Å². The molecule has 0 aliphatic heterocycles. The highest BCUT2D eigenvalue weighted by atomic mass is 32.2. The molecule has 6 nitrogen and oxygen atoms in total. The molecule has 22 heavy (non-hydrogen) atoms. The van der Waals surface area contributed by atoms with E-state index >= 15 is 0 Å². The zero-order chi connectivity index (χ0) is 18.6. The summed E-state index contributed by atoms with van der Waals surface area (Å²) in [5.41, 5.74) is 0. The maximum absolute atomic E-state index is 11.6. The number of sulfone groups is 3. The summed E-state index contributed by atoms with van der Waals surface area (Å²) in [6.07, 6.45) is 0. The van der Waals surface area contributed by atoms with Crippen molar-refractivity contribution >= 4 is 29.5 Å². The minimum Gasteiger partial charge on any atom is -0.224 e. The molecule has 0 unspecified atom stereocenters. The van der Waals surface area contributed by atoms with Gasteiger partial charge in [0.1, 0.15) is 0 Å². The normalized spacial score (nSPS) is 11.1. The third-order valence-electron chi connectivity index (χ3n) is 2.04. The lowest BCUT2D eigenvalue weighted by molar-refractivity contribution is 0.581. The van der Waals surface area contributed by atoms with Gasteiger partial charge in [0, 0.05) is 16.2 Å². The van der Waals surface area contributed by atoms with Gasteiger partial charge in [0.2, 0.25) is 0 Å². The Morgan fingerprint density at radius 3 is 1.09 bits per heavy atom. The van der Waals surface area contributed by atoms with Crippen molar-refractivity contribution in [2.24, 2.45) is 0 Å². The molecule has 0 saturated heterocycles. The van der Waals surface area contributed by atoms with E-state index in [1.807, 2.05) is 0 Å². The van der Waals surface area contributed by atoms with Crippen LogP contribution in [-0.4, -0.2) is 42.0 Å². The Hall–Kier alpha value is -1.45. The minimum absolute atomic E-state index is 0.537. The molecule has 0 aliphatic rings. The Morgan fingerprint density at radius 1 is 0.636 bits per heavy atom. The predicted octanol–water partition coefficient (Wildman–Crippen LogP) is 1.63. The van der Waals surface area contributed by atoms with Crippen LogP contribution in [0.2, 0.25) is 0 Å². The van der Waals surface area contributed by atoms with Crippen LogP contribution in [0.15, 0.2) is 62.3 Å². The summed E-state index contributed by atoms with van der Waals surface area (Å²) in [6, 6.07) is 0. The molecule has 0 aromatic carbocycles. The molecule has 0 N–H and O–H groups in total. The van der Waals surface area contributed by atoms with Crippen LogP contribution < -0.4 is 0 Å². The number of rotatable bonds is 8. The van der Waals surface area contributed by atoms with E-state index in [2.05, 4.69) is 46.1 Å². The molecule has 0 aromatic heterocycles. The fourth-order valence-electron chi connectivity index (χ4n) is 1.03. The van der Waals surface area contributed by atoms with Crippen LogP contribution in [0, 0.1) is 0 Å². The third-order valence-corrected chi connectivity index (χ3v) is 6.94. The Morgan fingerprint density at radius 2 is 0.909 bits per heavy atom. The molecule has 0 saturated carbocycles. The van der Waals surface area contributed by atoms with Crippen molar-refractivity contribution in [2.75, 3.05) is 11.5 Å². The first-order valence-electron chi connectivity index (χ1n) is 5.56. The van der Waals surface area contributed by atoms with E-state index in [9.17, 15) is 25.3 Å². The van der Waals surface area contributed by atoms with Gasteiger partial charge in [-0.3, -0.25) is 0 Å². The van der Waals surface area contributed by atoms with E-state index in [0.29, 0.717) is 16.2 Å². The van der Waals surface area contributed by atoms with Crippen molar-refractivity contribution < 1.29 is 25.3 Å². The SMILES string of the molecule is C=C.C=C.C=CS(=O)(=O)CC(CS(=O)(=O)C=C)S(=O)(=O)C=C. The first-order valence-corrected chi connectivity index (χ1v) is 10.6. The van der Waals surface area contributed by atoms with Crippen LogP contribution >= 0.6 is 0 Å². The van der Waals surface area contributed by atoms with Crippen molar-refractivity contribution in [3.05, 3.63) is 62.3 Å². The molecule has 0 rings (SSSR count). The summed E-state index contributed by atoms with van der Waals surface area (Å²) in [5, 5.41) is 0.0775. The molecule has 0 heterocycles. The van der Waals surface area contributed by atoms with Gasteiger partial charge < -0.3 is 0 Å². The molecule has 128 valence electrons. The standard InChI is InChI=1S/C9H14O6S3.2C2H4/c1-4-16(10,11)7-9(18(14,15)6-3)8-17(12,13)5-2;2*1-2/h4-6,9H,1-3,7-8H2;2*1-2H2. The minimum atomic E-state index is -4.04. The van der Waals surface area contributed by atoms with E-state index in [4.69, 9.17) is 0 Å². The molecule has 0 radical (unpaired) electrons. The molecule has 0 atom stereocenters. The highest BCUT2D eigenvalue weighted by Gasteiger charge is 2.31. The lowest BCUT2D eigenvalue weighted by Crippen LogP contribution is -2.33. The summed E-state index contributed by atoms with van der Waals surface area (Å²) in [5.74, 6) is -1.73. The Labute approximate surface area is 134 Å². The van der Waals surface area contributed by atoms with Crippen LogP contribution in [0.4, 0.5) is 0 Å². The summed E-state index contributed by atoms with van der Waals surface area (Å²) >= 11 is 0. The largest absolute Gasteiger partial charge is 0.224 e. The van der Waals surface area contributed by atoms with Crippen molar-refractivity contribution in [3.63, 3.8) is 0 Å². The highest BCUT2D eigenvalue weighted by Crippen LogP contribution is 2.12. The lowest BCUT2D eigenvalue weighted by Gasteiger charge is -2.13. The smallest absolute Gasteiger partial charge is 0.175 e. The summed E-state index contributed by atoms with van der Waals surface area (Å²) in [6.45, 7) is 21.1. The van der Waals surface area contributed by atoms with Gasteiger partial charge >= 0.3 is 0 Å². The topological polar surface area (TPSA) is 102 Å². The van der Waals surface area contributed by atoms with E-state index < -0.39 is 46.3 Å². The van der Waals surface area contributed by atoms with Crippen molar-refractivity contribution in [1.29, 1.82) is 0 Å². The first-order chi connectivity index (χ1) is 9.99. The van der Waals surface area contributed by atoms with Crippen molar-refractivity contribution in [1.82, 2.24) is 0 Å². The molecule has 9 heteroatoms. The molecule has 0 aliphatic carbocycles.